The molecule has 0 fully saturated rings. The molecule has 102 valence electrons. The molecule has 0 spiro atoms. The van der Waals surface area contributed by atoms with Gasteiger partial charge in [-0.3, -0.25) is 4.57 Å². The van der Waals surface area contributed by atoms with Gasteiger partial charge in [0.15, 0.2) is 5.16 Å². The molecule has 4 nitrogen and oxygen atoms in total. The van der Waals surface area contributed by atoms with Gasteiger partial charge in [0.1, 0.15) is 6.33 Å². The highest BCUT2D eigenvalue weighted by Crippen LogP contribution is 2.22. The van der Waals surface area contributed by atoms with Crippen molar-refractivity contribution in [2.24, 2.45) is 0 Å². The van der Waals surface area contributed by atoms with E-state index < -0.39 is 0 Å². The third-order valence-corrected chi connectivity index (χ3v) is 3.95. The van der Waals surface area contributed by atoms with Crippen LogP contribution < -0.4 is 0 Å². The van der Waals surface area contributed by atoms with Gasteiger partial charge in [-0.2, -0.15) is 0 Å². The van der Waals surface area contributed by atoms with Crippen LogP contribution in [0.3, 0.4) is 0 Å². The highest BCUT2D eigenvalue weighted by Gasteiger charge is 2.08. The minimum Gasteiger partial charge on any atom is -0.396 e. The Bertz CT molecular complexity index is 513. The number of para-hydroxylation sites is 1. The Kier molecular flexibility index (Phi) is 5.42. The molecule has 0 atom stereocenters. The average molecular weight is 277 g/mol. The van der Waals surface area contributed by atoms with Gasteiger partial charge in [0.2, 0.25) is 0 Å². The Morgan fingerprint density at radius 2 is 2.05 bits per heavy atom. The minimum atomic E-state index is 0.282. The fraction of sp³-hybridized carbons (Fsp3) is 0.429. The van der Waals surface area contributed by atoms with Crippen molar-refractivity contribution in [3.05, 3.63) is 36.2 Å². The number of hydrogen-bond acceptors (Lipinski definition) is 4. The number of unbranched alkanes of at least 4 members (excludes halogenated alkanes) is 2. The van der Waals surface area contributed by atoms with Gasteiger partial charge in [0, 0.05) is 12.4 Å². The second kappa shape index (κ2) is 7.31. The molecule has 0 radical (unpaired) electrons. The van der Waals surface area contributed by atoms with Crippen molar-refractivity contribution in [1.29, 1.82) is 0 Å². The molecular weight excluding hydrogens is 258 g/mol. The number of benzene rings is 1. The van der Waals surface area contributed by atoms with Crippen molar-refractivity contribution in [3.63, 3.8) is 0 Å². The first-order chi connectivity index (χ1) is 9.33. The summed E-state index contributed by atoms with van der Waals surface area (Å²) in [7, 11) is 0. The summed E-state index contributed by atoms with van der Waals surface area (Å²) < 4.78 is 2.03. The first-order valence-corrected chi connectivity index (χ1v) is 7.51. The first-order valence-electron chi connectivity index (χ1n) is 6.52. The third kappa shape index (κ3) is 3.81. The van der Waals surface area contributed by atoms with Crippen molar-refractivity contribution in [2.45, 2.75) is 31.3 Å². The predicted octanol–water partition coefficient (Wildman–Crippen LogP) is 2.83. The molecular formula is C14H19N3OS. The Hall–Kier alpha value is -1.33. The standard InChI is InChI=1S/C14H19N3OS/c1-12-7-3-4-8-13(12)17-11-15-16-14(17)19-10-6-2-5-9-18/h3-4,7-8,11,18H,2,5-6,9-10H2,1H3. The highest BCUT2D eigenvalue weighted by atomic mass is 32.2. The second-order valence-corrected chi connectivity index (χ2v) is 5.46. The number of aryl methyl sites for hydroxylation is 1. The van der Waals surface area contributed by atoms with Crippen molar-refractivity contribution in [2.75, 3.05) is 12.4 Å². The van der Waals surface area contributed by atoms with E-state index in [0.29, 0.717) is 0 Å². The summed E-state index contributed by atoms with van der Waals surface area (Å²) in [6, 6.07) is 8.22. The number of aliphatic hydroxyl groups is 1. The molecule has 0 aliphatic rings. The third-order valence-electron chi connectivity index (χ3n) is 2.93. The molecule has 2 rings (SSSR count). The van der Waals surface area contributed by atoms with Crippen molar-refractivity contribution < 1.29 is 5.11 Å². The molecule has 0 amide bonds. The molecule has 0 saturated carbocycles. The summed E-state index contributed by atoms with van der Waals surface area (Å²) >= 11 is 1.72. The molecule has 0 bridgehead atoms. The Morgan fingerprint density at radius 3 is 2.84 bits per heavy atom. The lowest BCUT2D eigenvalue weighted by Gasteiger charge is -2.08. The SMILES string of the molecule is Cc1ccccc1-n1cnnc1SCCCCCO. The topological polar surface area (TPSA) is 50.9 Å². The molecule has 19 heavy (non-hydrogen) atoms. The molecule has 0 aliphatic heterocycles. The maximum absolute atomic E-state index is 8.74. The van der Waals surface area contributed by atoms with Crippen LogP contribution >= 0.6 is 11.8 Å². The minimum absolute atomic E-state index is 0.282. The van der Waals surface area contributed by atoms with Crippen LogP contribution in [0.1, 0.15) is 24.8 Å². The van der Waals surface area contributed by atoms with E-state index in [-0.39, 0.29) is 6.61 Å². The highest BCUT2D eigenvalue weighted by molar-refractivity contribution is 7.99. The van der Waals surface area contributed by atoms with Gasteiger partial charge in [0.25, 0.3) is 0 Å². The lowest BCUT2D eigenvalue weighted by molar-refractivity contribution is 0.284. The average Bonchev–Trinajstić information content (AvgIpc) is 2.87. The van der Waals surface area contributed by atoms with E-state index in [0.717, 1.165) is 35.9 Å². The Balaban J connectivity index is 2.00. The van der Waals surface area contributed by atoms with Gasteiger partial charge < -0.3 is 5.11 Å². The van der Waals surface area contributed by atoms with E-state index in [1.807, 2.05) is 16.7 Å². The summed E-state index contributed by atoms with van der Waals surface area (Å²) in [5, 5.41) is 17.9. The van der Waals surface area contributed by atoms with Gasteiger partial charge in [-0.15, -0.1) is 10.2 Å². The molecule has 0 aliphatic carbocycles. The Labute approximate surface area is 117 Å². The van der Waals surface area contributed by atoms with Crippen molar-refractivity contribution >= 4 is 11.8 Å². The van der Waals surface area contributed by atoms with Gasteiger partial charge in [-0.05, 0) is 31.4 Å². The van der Waals surface area contributed by atoms with E-state index >= 15 is 0 Å². The van der Waals surface area contributed by atoms with E-state index in [1.54, 1.807) is 18.1 Å². The summed E-state index contributed by atoms with van der Waals surface area (Å²) in [6.07, 6.45) is 4.79. The smallest absolute Gasteiger partial charge is 0.195 e. The molecule has 1 aromatic carbocycles. The van der Waals surface area contributed by atoms with Crippen LogP contribution in [-0.2, 0) is 0 Å². The molecule has 1 aromatic heterocycles. The van der Waals surface area contributed by atoms with Crippen LogP contribution in [0, 0.1) is 6.92 Å². The fourth-order valence-electron chi connectivity index (χ4n) is 1.88. The maximum Gasteiger partial charge on any atom is 0.195 e. The monoisotopic (exact) mass is 277 g/mol. The molecule has 5 heteroatoms. The molecule has 0 unspecified atom stereocenters. The second-order valence-electron chi connectivity index (χ2n) is 4.40. The summed E-state index contributed by atoms with van der Waals surface area (Å²) in [5.74, 6) is 1.00. The van der Waals surface area contributed by atoms with Crippen molar-refractivity contribution in [3.8, 4) is 5.69 Å². The summed E-state index contributed by atoms with van der Waals surface area (Å²) in [6.45, 7) is 2.37. The number of nitrogens with zero attached hydrogens (tertiary/aromatic N) is 3. The molecule has 1 heterocycles. The maximum atomic E-state index is 8.74. The largest absolute Gasteiger partial charge is 0.396 e. The zero-order valence-corrected chi connectivity index (χ0v) is 11.9. The summed E-state index contributed by atoms with van der Waals surface area (Å²) in [4.78, 5) is 0. The van der Waals surface area contributed by atoms with Gasteiger partial charge >= 0.3 is 0 Å². The van der Waals surface area contributed by atoms with E-state index in [9.17, 15) is 0 Å². The van der Waals surface area contributed by atoms with Crippen LogP contribution in [0.5, 0.6) is 0 Å². The lowest BCUT2D eigenvalue weighted by atomic mass is 10.2. The van der Waals surface area contributed by atoms with Crippen LogP contribution in [0.2, 0.25) is 0 Å². The van der Waals surface area contributed by atoms with Gasteiger partial charge in [-0.1, -0.05) is 36.4 Å². The van der Waals surface area contributed by atoms with Crippen LogP contribution in [0.15, 0.2) is 35.7 Å². The van der Waals surface area contributed by atoms with Gasteiger partial charge in [-0.25, -0.2) is 0 Å². The Morgan fingerprint density at radius 1 is 1.21 bits per heavy atom. The van der Waals surface area contributed by atoms with Crippen LogP contribution in [0.25, 0.3) is 5.69 Å². The van der Waals surface area contributed by atoms with Gasteiger partial charge in [0.05, 0.1) is 5.69 Å². The zero-order valence-electron chi connectivity index (χ0n) is 11.1. The molecule has 0 saturated heterocycles. The normalized spacial score (nSPS) is 10.8. The number of aromatic nitrogens is 3. The van der Waals surface area contributed by atoms with Crippen molar-refractivity contribution in [1.82, 2.24) is 14.8 Å². The van der Waals surface area contributed by atoms with E-state index in [4.69, 9.17) is 5.11 Å². The lowest BCUT2D eigenvalue weighted by Crippen LogP contribution is -1.98. The number of hydrogen-bond donors (Lipinski definition) is 1. The van der Waals surface area contributed by atoms with E-state index in [2.05, 4.69) is 29.3 Å². The predicted molar refractivity (Wildman–Crippen MR) is 77.8 cm³/mol. The number of aliphatic hydroxyl groups excluding tert-OH is 1. The number of rotatable bonds is 7. The quantitative estimate of drug-likeness (QED) is 0.624. The first kappa shape index (κ1) is 14.1. The zero-order chi connectivity index (χ0) is 13.5. The van der Waals surface area contributed by atoms with E-state index in [1.165, 1.54) is 5.56 Å². The van der Waals surface area contributed by atoms with Crippen LogP contribution in [-0.4, -0.2) is 32.2 Å². The number of thioether (sulfide) groups is 1. The molecule has 2 aromatic rings. The van der Waals surface area contributed by atoms with Crippen LogP contribution in [0.4, 0.5) is 0 Å². The fourth-order valence-corrected chi connectivity index (χ4v) is 2.80. The summed E-state index contributed by atoms with van der Waals surface area (Å²) in [5.41, 5.74) is 2.34. The molecule has 1 N–H and O–H groups in total.